The zero-order valence-electron chi connectivity index (χ0n) is 12.2. The average molecular weight is 289 g/mol. The largest absolute Gasteiger partial charge is 0.290 e. The highest BCUT2D eigenvalue weighted by atomic mass is 16.1. The molecule has 1 heterocycles. The Morgan fingerprint density at radius 2 is 1.59 bits per heavy atom. The minimum atomic E-state index is -0.217. The molecule has 3 aromatic rings. The molecule has 0 aliphatic heterocycles. The molecule has 4 heteroatoms. The molecule has 1 N–H and O–H groups in total. The highest BCUT2D eigenvalue weighted by Gasteiger charge is 2.08. The van der Waals surface area contributed by atoms with Gasteiger partial charge in [-0.05, 0) is 36.2 Å². The van der Waals surface area contributed by atoms with Gasteiger partial charge in [0.05, 0.1) is 0 Å². The van der Waals surface area contributed by atoms with Crippen LogP contribution in [0.1, 0.15) is 16.1 Å². The molecule has 108 valence electrons. The Balaban J connectivity index is 1.76. The molecule has 2 aromatic carbocycles. The maximum atomic E-state index is 12.2. The SMILES string of the molecule is Cc1ccnc(NC(=O)c2ccc(-c3ccccc3)cc2)n1. The highest BCUT2D eigenvalue weighted by Crippen LogP contribution is 2.19. The lowest BCUT2D eigenvalue weighted by atomic mass is 10.0. The lowest BCUT2D eigenvalue weighted by Gasteiger charge is -2.06. The normalized spacial score (nSPS) is 10.2. The fraction of sp³-hybridized carbons (Fsp3) is 0.0556. The van der Waals surface area contributed by atoms with Gasteiger partial charge in [-0.25, -0.2) is 9.97 Å². The molecule has 22 heavy (non-hydrogen) atoms. The molecule has 0 unspecified atom stereocenters. The van der Waals surface area contributed by atoms with Crippen molar-refractivity contribution in [2.45, 2.75) is 6.92 Å². The number of anilines is 1. The predicted octanol–water partition coefficient (Wildman–Crippen LogP) is 3.70. The summed E-state index contributed by atoms with van der Waals surface area (Å²) in [5, 5.41) is 2.70. The van der Waals surface area contributed by atoms with Crippen LogP contribution in [-0.4, -0.2) is 15.9 Å². The molecule has 0 saturated carbocycles. The Kier molecular flexibility index (Phi) is 3.92. The molecule has 0 atom stereocenters. The van der Waals surface area contributed by atoms with Crippen LogP contribution in [0.4, 0.5) is 5.95 Å². The lowest BCUT2D eigenvalue weighted by molar-refractivity contribution is 0.102. The van der Waals surface area contributed by atoms with Crippen LogP contribution in [0, 0.1) is 6.92 Å². The van der Waals surface area contributed by atoms with Crippen molar-refractivity contribution in [2.75, 3.05) is 5.32 Å². The summed E-state index contributed by atoms with van der Waals surface area (Å²) in [7, 11) is 0. The summed E-state index contributed by atoms with van der Waals surface area (Å²) in [6, 6.07) is 19.3. The van der Waals surface area contributed by atoms with Crippen molar-refractivity contribution in [3.05, 3.63) is 78.1 Å². The number of aryl methyl sites for hydroxylation is 1. The topological polar surface area (TPSA) is 54.9 Å². The van der Waals surface area contributed by atoms with Gasteiger partial charge in [0.25, 0.3) is 5.91 Å². The van der Waals surface area contributed by atoms with Gasteiger partial charge in [-0.3, -0.25) is 10.1 Å². The molecule has 0 spiro atoms. The van der Waals surface area contributed by atoms with Gasteiger partial charge in [0.15, 0.2) is 0 Å². The third-order valence-corrected chi connectivity index (χ3v) is 3.27. The molecule has 0 bridgehead atoms. The van der Waals surface area contributed by atoms with E-state index in [1.807, 2.05) is 49.4 Å². The van der Waals surface area contributed by atoms with E-state index in [0.717, 1.165) is 16.8 Å². The van der Waals surface area contributed by atoms with E-state index in [1.54, 1.807) is 24.4 Å². The van der Waals surface area contributed by atoms with E-state index in [1.165, 1.54) is 0 Å². The summed E-state index contributed by atoms with van der Waals surface area (Å²) in [5.41, 5.74) is 3.58. The van der Waals surface area contributed by atoms with Crippen LogP contribution in [0.2, 0.25) is 0 Å². The van der Waals surface area contributed by atoms with Gasteiger partial charge in [0.1, 0.15) is 0 Å². The first-order chi connectivity index (χ1) is 10.7. The zero-order valence-corrected chi connectivity index (χ0v) is 12.2. The van der Waals surface area contributed by atoms with E-state index in [4.69, 9.17) is 0 Å². The van der Waals surface area contributed by atoms with Gasteiger partial charge >= 0.3 is 0 Å². The molecule has 1 amide bonds. The fourth-order valence-corrected chi connectivity index (χ4v) is 2.13. The van der Waals surface area contributed by atoms with E-state index in [9.17, 15) is 4.79 Å². The summed E-state index contributed by atoms with van der Waals surface area (Å²) in [5.74, 6) is 0.0994. The minimum Gasteiger partial charge on any atom is -0.290 e. The van der Waals surface area contributed by atoms with Gasteiger partial charge < -0.3 is 0 Å². The van der Waals surface area contributed by atoms with E-state index in [2.05, 4.69) is 15.3 Å². The number of rotatable bonds is 3. The zero-order chi connectivity index (χ0) is 15.4. The number of aromatic nitrogens is 2. The second kappa shape index (κ2) is 6.18. The molecule has 0 aliphatic carbocycles. The van der Waals surface area contributed by atoms with E-state index in [0.29, 0.717) is 11.5 Å². The molecular formula is C18H15N3O. The monoisotopic (exact) mass is 289 g/mol. The number of nitrogens with zero attached hydrogens (tertiary/aromatic N) is 2. The van der Waals surface area contributed by atoms with Crippen LogP contribution in [0.5, 0.6) is 0 Å². The maximum absolute atomic E-state index is 12.2. The van der Waals surface area contributed by atoms with Gasteiger partial charge in [-0.2, -0.15) is 0 Å². The molecule has 4 nitrogen and oxygen atoms in total. The first-order valence-electron chi connectivity index (χ1n) is 6.99. The number of hydrogen-bond donors (Lipinski definition) is 1. The van der Waals surface area contributed by atoms with E-state index < -0.39 is 0 Å². The van der Waals surface area contributed by atoms with Gasteiger partial charge in [0.2, 0.25) is 5.95 Å². The van der Waals surface area contributed by atoms with E-state index >= 15 is 0 Å². The number of amides is 1. The van der Waals surface area contributed by atoms with Gasteiger partial charge in [0, 0.05) is 17.5 Å². The Morgan fingerprint density at radius 3 is 2.27 bits per heavy atom. The summed E-state index contributed by atoms with van der Waals surface area (Å²) < 4.78 is 0. The number of carbonyl (C=O) groups is 1. The quantitative estimate of drug-likeness (QED) is 0.799. The van der Waals surface area contributed by atoms with Crippen LogP contribution >= 0.6 is 0 Å². The third-order valence-electron chi connectivity index (χ3n) is 3.27. The number of hydrogen-bond acceptors (Lipinski definition) is 3. The molecule has 1 aromatic heterocycles. The van der Waals surface area contributed by atoms with Crippen molar-refractivity contribution >= 4 is 11.9 Å². The van der Waals surface area contributed by atoms with Crippen molar-refractivity contribution in [2.24, 2.45) is 0 Å². The van der Waals surface area contributed by atoms with Crippen molar-refractivity contribution in [1.82, 2.24) is 9.97 Å². The summed E-state index contributed by atoms with van der Waals surface area (Å²) >= 11 is 0. The summed E-state index contributed by atoms with van der Waals surface area (Å²) in [4.78, 5) is 20.4. The first kappa shape index (κ1) is 13.9. The molecule has 0 saturated heterocycles. The molecule has 3 rings (SSSR count). The van der Waals surface area contributed by atoms with Gasteiger partial charge in [-0.15, -0.1) is 0 Å². The van der Waals surface area contributed by atoms with Crippen LogP contribution in [0.3, 0.4) is 0 Å². The number of benzene rings is 2. The van der Waals surface area contributed by atoms with Crippen molar-refractivity contribution in [1.29, 1.82) is 0 Å². The molecular weight excluding hydrogens is 274 g/mol. The first-order valence-corrected chi connectivity index (χ1v) is 6.99. The van der Waals surface area contributed by atoms with Crippen molar-refractivity contribution in [3.63, 3.8) is 0 Å². The summed E-state index contributed by atoms with van der Waals surface area (Å²) in [6.07, 6.45) is 1.62. The van der Waals surface area contributed by atoms with Crippen molar-refractivity contribution < 1.29 is 4.79 Å². The Hall–Kier alpha value is -3.01. The molecule has 0 fully saturated rings. The molecule has 0 aliphatic rings. The fourth-order valence-electron chi connectivity index (χ4n) is 2.13. The minimum absolute atomic E-state index is 0.217. The van der Waals surface area contributed by atoms with E-state index in [-0.39, 0.29) is 5.91 Å². The van der Waals surface area contributed by atoms with Crippen molar-refractivity contribution in [3.8, 4) is 11.1 Å². The Morgan fingerprint density at radius 1 is 0.909 bits per heavy atom. The second-order valence-electron chi connectivity index (χ2n) is 4.92. The smallest absolute Gasteiger partial charge is 0.258 e. The highest BCUT2D eigenvalue weighted by molar-refractivity contribution is 6.03. The van der Waals surface area contributed by atoms with Crippen LogP contribution in [-0.2, 0) is 0 Å². The third kappa shape index (κ3) is 3.17. The van der Waals surface area contributed by atoms with Gasteiger partial charge in [-0.1, -0.05) is 42.5 Å². The standard InChI is InChI=1S/C18H15N3O/c1-13-11-12-19-18(20-13)21-17(22)16-9-7-15(8-10-16)14-5-3-2-4-6-14/h2-12H,1H3,(H,19,20,21,22). The Bertz CT molecular complexity index is 783. The second-order valence-corrected chi connectivity index (χ2v) is 4.92. The van der Waals surface area contributed by atoms with Crippen LogP contribution < -0.4 is 5.32 Å². The maximum Gasteiger partial charge on any atom is 0.258 e. The number of nitrogens with one attached hydrogen (secondary N) is 1. The predicted molar refractivity (Wildman–Crippen MR) is 86.6 cm³/mol. The molecule has 0 radical (unpaired) electrons. The number of carbonyl (C=O) groups excluding carboxylic acids is 1. The Labute approximate surface area is 128 Å². The average Bonchev–Trinajstić information content (AvgIpc) is 2.56. The van der Waals surface area contributed by atoms with Crippen LogP contribution in [0.25, 0.3) is 11.1 Å². The lowest BCUT2D eigenvalue weighted by Crippen LogP contribution is -2.14. The van der Waals surface area contributed by atoms with Crippen LogP contribution in [0.15, 0.2) is 66.9 Å². The summed E-state index contributed by atoms with van der Waals surface area (Å²) in [6.45, 7) is 1.85.